The van der Waals surface area contributed by atoms with Crippen molar-refractivity contribution >= 4 is 5.69 Å². The molecule has 0 atom stereocenters. The van der Waals surface area contributed by atoms with Crippen LogP contribution in [0.2, 0.25) is 0 Å². The van der Waals surface area contributed by atoms with E-state index in [1.165, 1.54) is 4.68 Å². The SMILES string of the molecule is C/C=C(/Nc1cccc(Cn2nc(-c3ccc(CN(Cc4ncc[nH]4)Cc4ncc[nH]4)cc3)ccc2=O)c1)OCC. The van der Waals surface area contributed by atoms with E-state index in [1.54, 1.807) is 24.5 Å². The van der Waals surface area contributed by atoms with Crippen molar-refractivity contribution in [3.8, 4) is 11.3 Å². The van der Waals surface area contributed by atoms with Gasteiger partial charge in [-0.05, 0) is 49.2 Å². The maximum atomic E-state index is 12.7. The Kier molecular flexibility index (Phi) is 9.02. The zero-order chi connectivity index (χ0) is 28.4. The van der Waals surface area contributed by atoms with Gasteiger partial charge in [0.15, 0.2) is 5.88 Å². The van der Waals surface area contributed by atoms with E-state index in [4.69, 9.17) is 4.74 Å². The molecule has 0 radical (unpaired) electrons. The van der Waals surface area contributed by atoms with E-state index < -0.39 is 0 Å². The number of rotatable bonds is 13. The van der Waals surface area contributed by atoms with Crippen LogP contribution in [-0.4, -0.2) is 41.2 Å². The van der Waals surface area contributed by atoms with Crippen LogP contribution in [0.1, 0.15) is 36.6 Å². The van der Waals surface area contributed by atoms with Gasteiger partial charge in [0.1, 0.15) is 11.6 Å². The number of hydrogen-bond acceptors (Lipinski definition) is 7. The highest BCUT2D eigenvalue weighted by molar-refractivity contribution is 5.58. The third-order valence-electron chi connectivity index (χ3n) is 6.47. The molecule has 0 unspecified atom stereocenters. The Bertz CT molecular complexity index is 1570. The fraction of sp³-hybridized carbons (Fsp3) is 0.226. The van der Waals surface area contributed by atoms with E-state index in [0.717, 1.165) is 46.3 Å². The molecule has 5 rings (SSSR count). The Labute approximate surface area is 238 Å². The van der Waals surface area contributed by atoms with Crippen molar-refractivity contribution in [2.24, 2.45) is 0 Å². The first-order valence-corrected chi connectivity index (χ1v) is 13.6. The van der Waals surface area contributed by atoms with Crippen LogP contribution in [0.5, 0.6) is 0 Å². The maximum absolute atomic E-state index is 12.7. The van der Waals surface area contributed by atoms with Crippen molar-refractivity contribution in [2.45, 2.75) is 40.0 Å². The summed E-state index contributed by atoms with van der Waals surface area (Å²) in [5.41, 5.74) is 4.52. The van der Waals surface area contributed by atoms with Crippen LogP contribution in [0.15, 0.2) is 102 Å². The van der Waals surface area contributed by atoms with Crippen LogP contribution in [0.4, 0.5) is 5.69 Å². The molecule has 3 heterocycles. The van der Waals surface area contributed by atoms with Gasteiger partial charge in [-0.3, -0.25) is 9.69 Å². The number of anilines is 1. The van der Waals surface area contributed by atoms with Crippen LogP contribution in [0, 0.1) is 0 Å². The number of hydrogen-bond donors (Lipinski definition) is 3. The molecule has 41 heavy (non-hydrogen) atoms. The summed E-state index contributed by atoms with van der Waals surface area (Å²) in [4.78, 5) is 30.1. The first-order valence-electron chi connectivity index (χ1n) is 13.6. The summed E-state index contributed by atoms with van der Waals surface area (Å²) in [6.45, 7) is 6.85. The number of benzene rings is 2. The Balaban J connectivity index is 1.29. The molecule has 10 nitrogen and oxygen atoms in total. The smallest absolute Gasteiger partial charge is 0.267 e. The highest BCUT2D eigenvalue weighted by Gasteiger charge is 2.12. The maximum Gasteiger partial charge on any atom is 0.267 e. The van der Waals surface area contributed by atoms with Crippen molar-refractivity contribution in [3.63, 3.8) is 0 Å². The summed E-state index contributed by atoms with van der Waals surface area (Å²) in [6.07, 6.45) is 9.07. The first kappa shape index (κ1) is 27.6. The summed E-state index contributed by atoms with van der Waals surface area (Å²) in [7, 11) is 0. The van der Waals surface area contributed by atoms with E-state index in [1.807, 2.05) is 68.7 Å². The molecule has 0 aliphatic carbocycles. The number of allylic oxidation sites excluding steroid dienone is 1. The van der Waals surface area contributed by atoms with Crippen LogP contribution in [0.25, 0.3) is 11.3 Å². The minimum Gasteiger partial charge on any atom is -0.479 e. The largest absolute Gasteiger partial charge is 0.479 e. The summed E-state index contributed by atoms with van der Waals surface area (Å²) in [5, 5.41) is 7.94. The van der Waals surface area contributed by atoms with Gasteiger partial charge < -0.3 is 20.0 Å². The highest BCUT2D eigenvalue weighted by Crippen LogP contribution is 2.19. The Morgan fingerprint density at radius 1 is 0.951 bits per heavy atom. The highest BCUT2D eigenvalue weighted by atomic mass is 16.5. The second-order valence-corrected chi connectivity index (χ2v) is 9.54. The zero-order valence-electron chi connectivity index (χ0n) is 23.2. The van der Waals surface area contributed by atoms with Crippen molar-refractivity contribution in [2.75, 3.05) is 11.9 Å². The predicted molar refractivity (Wildman–Crippen MR) is 159 cm³/mol. The van der Waals surface area contributed by atoms with Crippen molar-refractivity contribution in [3.05, 3.63) is 131 Å². The fourth-order valence-electron chi connectivity index (χ4n) is 4.53. The third kappa shape index (κ3) is 7.58. The fourth-order valence-corrected chi connectivity index (χ4v) is 4.53. The molecule has 10 heteroatoms. The molecule has 2 aromatic carbocycles. The Hall–Kier alpha value is -4.96. The minimum absolute atomic E-state index is 0.154. The molecule has 0 bridgehead atoms. The lowest BCUT2D eigenvalue weighted by Crippen LogP contribution is -2.23. The standard InChI is InChI=1S/C31H34N8O2/c1-3-30(41-4-2)36-26-7-5-6-24(18-26)20-39-31(40)13-12-27(37-39)25-10-8-23(9-11-25)19-38(21-28-32-14-15-33-28)22-29-34-16-17-35-29/h3,5-18,36H,4,19-22H2,1-2H3,(H,32,33)(H,34,35)/b30-3-. The van der Waals surface area contributed by atoms with Gasteiger partial charge in [-0.2, -0.15) is 5.10 Å². The normalized spacial score (nSPS) is 11.6. The molecular weight excluding hydrogens is 516 g/mol. The van der Waals surface area contributed by atoms with Gasteiger partial charge in [0.05, 0.1) is 31.9 Å². The number of ether oxygens (including phenoxy) is 1. The zero-order valence-corrected chi connectivity index (χ0v) is 23.2. The lowest BCUT2D eigenvalue weighted by molar-refractivity contribution is 0.234. The van der Waals surface area contributed by atoms with Gasteiger partial charge >= 0.3 is 0 Å². The average Bonchev–Trinajstić information content (AvgIpc) is 3.69. The molecule has 210 valence electrons. The molecule has 5 aromatic rings. The molecule has 0 aliphatic rings. The predicted octanol–water partition coefficient (Wildman–Crippen LogP) is 4.92. The Morgan fingerprint density at radius 3 is 2.32 bits per heavy atom. The van der Waals surface area contributed by atoms with Crippen LogP contribution >= 0.6 is 0 Å². The molecule has 0 amide bonds. The molecule has 0 saturated heterocycles. The van der Waals surface area contributed by atoms with Gasteiger partial charge in [0, 0.05) is 48.6 Å². The van der Waals surface area contributed by atoms with Gasteiger partial charge in [-0.1, -0.05) is 36.4 Å². The number of aromatic nitrogens is 6. The Morgan fingerprint density at radius 2 is 1.68 bits per heavy atom. The third-order valence-corrected chi connectivity index (χ3v) is 6.47. The molecule has 0 saturated carbocycles. The second kappa shape index (κ2) is 13.4. The quantitative estimate of drug-likeness (QED) is 0.178. The summed E-state index contributed by atoms with van der Waals surface area (Å²) in [6, 6.07) is 19.5. The average molecular weight is 551 g/mol. The number of aromatic amines is 2. The monoisotopic (exact) mass is 550 g/mol. The van der Waals surface area contributed by atoms with E-state index in [9.17, 15) is 4.79 Å². The number of nitrogens with one attached hydrogen (secondary N) is 3. The molecule has 0 fully saturated rings. The van der Waals surface area contributed by atoms with Crippen LogP contribution < -0.4 is 10.9 Å². The van der Waals surface area contributed by atoms with Gasteiger partial charge in [0.25, 0.3) is 5.56 Å². The lowest BCUT2D eigenvalue weighted by Gasteiger charge is -2.20. The van der Waals surface area contributed by atoms with E-state index in [0.29, 0.717) is 32.1 Å². The van der Waals surface area contributed by atoms with E-state index in [-0.39, 0.29) is 5.56 Å². The lowest BCUT2D eigenvalue weighted by atomic mass is 10.1. The summed E-state index contributed by atoms with van der Waals surface area (Å²) < 4.78 is 7.08. The van der Waals surface area contributed by atoms with Crippen molar-refractivity contribution < 1.29 is 4.74 Å². The molecular formula is C31H34N8O2. The van der Waals surface area contributed by atoms with Crippen molar-refractivity contribution in [1.29, 1.82) is 0 Å². The summed E-state index contributed by atoms with van der Waals surface area (Å²) in [5.74, 6) is 2.49. The van der Waals surface area contributed by atoms with Crippen LogP contribution in [0.3, 0.4) is 0 Å². The van der Waals surface area contributed by atoms with Gasteiger partial charge in [-0.15, -0.1) is 0 Å². The molecule has 3 N–H and O–H groups in total. The minimum atomic E-state index is -0.154. The topological polar surface area (TPSA) is 117 Å². The second-order valence-electron chi connectivity index (χ2n) is 9.54. The number of H-pyrrole nitrogens is 2. The molecule has 3 aromatic heterocycles. The van der Waals surface area contributed by atoms with Gasteiger partial charge in [-0.25, -0.2) is 14.6 Å². The number of nitrogens with zero attached hydrogens (tertiary/aromatic N) is 5. The van der Waals surface area contributed by atoms with Gasteiger partial charge in [0.2, 0.25) is 0 Å². The van der Waals surface area contributed by atoms with Crippen LogP contribution in [-0.2, 0) is 30.9 Å². The van der Waals surface area contributed by atoms with Crippen molar-refractivity contribution in [1.82, 2.24) is 34.6 Å². The molecule has 0 spiro atoms. The number of imidazole rings is 2. The van der Waals surface area contributed by atoms with E-state index >= 15 is 0 Å². The molecule has 0 aliphatic heterocycles. The first-order chi connectivity index (χ1) is 20.1. The van der Waals surface area contributed by atoms with E-state index in [2.05, 4.69) is 47.4 Å². The summed E-state index contributed by atoms with van der Waals surface area (Å²) >= 11 is 0.